The predicted molar refractivity (Wildman–Crippen MR) is 118 cm³/mol. The van der Waals surface area contributed by atoms with E-state index in [0.29, 0.717) is 22.2 Å². The molecule has 0 saturated carbocycles. The van der Waals surface area contributed by atoms with Crippen molar-refractivity contribution >= 4 is 40.5 Å². The summed E-state index contributed by atoms with van der Waals surface area (Å²) in [5.74, 6) is 0.561. The first kappa shape index (κ1) is 20.4. The van der Waals surface area contributed by atoms with Crippen LogP contribution < -0.4 is 9.80 Å². The number of aromatic nitrogens is 3. The molecule has 158 valence electrons. The molecule has 0 spiro atoms. The van der Waals surface area contributed by atoms with E-state index in [2.05, 4.69) is 40.8 Å². The predicted octanol–water partition coefficient (Wildman–Crippen LogP) is 4.07. The van der Waals surface area contributed by atoms with Gasteiger partial charge in [0.05, 0.1) is 22.6 Å². The molecule has 0 bridgehead atoms. The van der Waals surface area contributed by atoms with Crippen molar-refractivity contribution in [3.8, 4) is 0 Å². The zero-order chi connectivity index (χ0) is 21.4. The Morgan fingerprint density at radius 3 is 2.57 bits per heavy atom. The first-order valence-electron chi connectivity index (χ1n) is 9.95. The van der Waals surface area contributed by atoms with Gasteiger partial charge in [0.15, 0.2) is 5.65 Å². The fraction of sp³-hybridized carbons (Fsp3) is 0.381. The van der Waals surface area contributed by atoms with Gasteiger partial charge < -0.3 is 14.9 Å². The Balaban J connectivity index is 1.83. The number of nitrogens with zero attached hydrogens (tertiary/aromatic N) is 6. The lowest BCUT2D eigenvalue weighted by Crippen LogP contribution is -2.45. The highest BCUT2D eigenvalue weighted by Crippen LogP contribution is 2.40. The lowest BCUT2D eigenvalue weighted by Gasteiger charge is -2.36. The number of piperazine rings is 1. The molecule has 3 heterocycles. The third kappa shape index (κ3) is 3.68. The summed E-state index contributed by atoms with van der Waals surface area (Å²) in [5.41, 5.74) is 3.08. The molecule has 1 amide bonds. The van der Waals surface area contributed by atoms with Crippen LogP contribution >= 0.6 is 11.6 Å². The third-order valence-corrected chi connectivity index (χ3v) is 5.76. The number of fused-ring (bicyclic) bond motifs is 1. The van der Waals surface area contributed by atoms with Gasteiger partial charge in [0, 0.05) is 44.5 Å². The van der Waals surface area contributed by atoms with Crippen molar-refractivity contribution in [3.63, 3.8) is 0 Å². The van der Waals surface area contributed by atoms with Crippen LogP contribution in [0.5, 0.6) is 0 Å². The number of halogens is 1. The van der Waals surface area contributed by atoms with E-state index >= 15 is 0 Å². The van der Waals surface area contributed by atoms with Gasteiger partial charge in [0.2, 0.25) is 0 Å². The van der Waals surface area contributed by atoms with E-state index < -0.39 is 6.09 Å². The summed E-state index contributed by atoms with van der Waals surface area (Å²) in [6, 6.07) is 7.01. The molecule has 0 unspecified atom stereocenters. The van der Waals surface area contributed by atoms with E-state index in [-0.39, 0.29) is 5.92 Å². The van der Waals surface area contributed by atoms with Crippen molar-refractivity contribution in [2.24, 2.45) is 0 Å². The van der Waals surface area contributed by atoms with Crippen LogP contribution in [0.15, 0.2) is 36.7 Å². The molecule has 1 aliphatic heterocycles. The average Bonchev–Trinajstić information content (AvgIpc) is 3.18. The van der Waals surface area contributed by atoms with E-state index in [1.807, 2.05) is 6.07 Å². The van der Waals surface area contributed by atoms with Crippen molar-refractivity contribution in [2.45, 2.75) is 19.8 Å². The van der Waals surface area contributed by atoms with Crippen LogP contribution in [0.25, 0.3) is 5.65 Å². The number of hydrogen-bond donors (Lipinski definition) is 1. The normalized spacial score (nSPS) is 15.2. The summed E-state index contributed by atoms with van der Waals surface area (Å²) in [7, 11) is 2.11. The molecule has 1 aliphatic rings. The molecule has 2 aromatic heterocycles. The van der Waals surface area contributed by atoms with E-state index in [4.69, 9.17) is 11.6 Å². The maximum atomic E-state index is 12.3. The van der Waals surface area contributed by atoms with E-state index in [9.17, 15) is 9.90 Å². The lowest BCUT2D eigenvalue weighted by atomic mass is 9.98. The summed E-state index contributed by atoms with van der Waals surface area (Å²) < 4.78 is 1.51. The first-order valence-corrected chi connectivity index (χ1v) is 10.3. The molecule has 8 nitrogen and oxygen atoms in total. The molecule has 3 aromatic rings. The van der Waals surface area contributed by atoms with Gasteiger partial charge in [-0.25, -0.2) is 14.7 Å². The maximum Gasteiger partial charge on any atom is 0.417 e. The second-order valence-electron chi connectivity index (χ2n) is 7.83. The monoisotopic (exact) mass is 428 g/mol. The Bertz CT molecular complexity index is 1070. The summed E-state index contributed by atoms with van der Waals surface area (Å²) in [6.07, 6.45) is 2.05. The van der Waals surface area contributed by atoms with Crippen molar-refractivity contribution in [1.29, 1.82) is 0 Å². The maximum absolute atomic E-state index is 12.3. The number of carbonyl (C=O) groups is 1. The summed E-state index contributed by atoms with van der Waals surface area (Å²) in [6.45, 7) is 7.89. The highest BCUT2D eigenvalue weighted by Gasteiger charge is 2.26. The van der Waals surface area contributed by atoms with Gasteiger partial charge in [0.1, 0.15) is 5.82 Å². The summed E-state index contributed by atoms with van der Waals surface area (Å²) in [5, 5.41) is 14.8. The largest absolute Gasteiger partial charge is 0.464 e. The Labute approximate surface area is 180 Å². The fourth-order valence-corrected chi connectivity index (χ4v) is 4.21. The highest BCUT2D eigenvalue weighted by atomic mass is 35.5. The summed E-state index contributed by atoms with van der Waals surface area (Å²) >= 11 is 6.77. The summed E-state index contributed by atoms with van der Waals surface area (Å²) in [4.78, 5) is 22.3. The molecule has 1 N–H and O–H groups in total. The van der Waals surface area contributed by atoms with Crippen LogP contribution in [0.1, 0.15) is 25.3 Å². The van der Waals surface area contributed by atoms with E-state index in [1.165, 1.54) is 9.42 Å². The zero-order valence-corrected chi connectivity index (χ0v) is 18.0. The average molecular weight is 429 g/mol. The molecule has 0 atom stereocenters. The molecule has 4 rings (SSSR count). The molecular formula is C21H25ClN6O2. The van der Waals surface area contributed by atoms with Crippen LogP contribution in [-0.2, 0) is 0 Å². The lowest BCUT2D eigenvalue weighted by molar-refractivity contribution is 0.204. The third-order valence-electron chi connectivity index (χ3n) is 5.47. The Morgan fingerprint density at radius 1 is 1.17 bits per heavy atom. The minimum atomic E-state index is -1.11. The fourth-order valence-electron chi connectivity index (χ4n) is 3.87. The van der Waals surface area contributed by atoms with Gasteiger partial charge in [-0.3, -0.25) is 0 Å². The van der Waals surface area contributed by atoms with Crippen LogP contribution in [0.2, 0.25) is 5.02 Å². The number of anilines is 3. The molecule has 30 heavy (non-hydrogen) atoms. The highest BCUT2D eigenvalue weighted by molar-refractivity contribution is 6.34. The van der Waals surface area contributed by atoms with Crippen LogP contribution in [0.4, 0.5) is 22.0 Å². The van der Waals surface area contributed by atoms with Crippen molar-refractivity contribution in [1.82, 2.24) is 19.5 Å². The Kier molecular flexibility index (Phi) is 5.53. The smallest absolute Gasteiger partial charge is 0.417 e. The van der Waals surface area contributed by atoms with Gasteiger partial charge in [-0.05, 0) is 30.7 Å². The number of amides is 1. The minimum absolute atomic E-state index is 0.176. The standard InChI is InChI=1S/C21H25ClN6O2/c1-14(2)16-12-15(13-17(22)20(16)26-10-8-25(3)9-11-26)27(21(29)30)19-5-6-23-18-4-7-24-28(18)19/h4-7,12-14H,8-11H2,1-3H3,(H,29,30). The quantitative estimate of drug-likeness (QED) is 0.674. The van der Waals surface area contributed by atoms with Crippen molar-refractivity contribution in [3.05, 3.63) is 47.2 Å². The number of hydrogen-bond acceptors (Lipinski definition) is 5. The number of rotatable bonds is 4. The molecular weight excluding hydrogens is 404 g/mol. The first-order chi connectivity index (χ1) is 14.4. The van der Waals surface area contributed by atoms with Crippen LogP contribution in [-0.4, -0.2) is 63.9 Å². The molecule has 1 fully saturated rings. The number of likely N-dealkylation sites (N-methyl/N-ethyl adjacent to an activating group) is 1. The zero-order valence-electron chi connectivity index (χ0n) is 17.3. The van der Waals surface area contributed by atoms with Gasteiger partial charge in [-0.2, -0.15) is 9.61 Å². The van der Waals surface area contributed by atoms with Crippen molar-refractivity contribution < 1.29 is 9.90 Å². The van der Waals surface area contributed by atoms with Gasteiger partial charge in [0.25, 0.3) is 0 Å². The van der Waals surface area contributed by atoms with Crippen LogP contribution in [0.3, 0.4) is 0 Å². The molecule has 0 aliphatic carbocycles. The Hall–Kier alpha value is -2.84. The number of benzene rings is 1. The minimum Gasteiger partial charge on any atom is -0.464 e. The molecule has 9 heteroatoms. The van der Waals surface area contributed by atoms with Gasteiger partial charge in [-0.1, -0.05) is 25.4 Å². The number of carboxylic acid groups (broad SMARTS) is 1. The SMILES string of the molecule is CC(C)c1cc(N(C(=O)O)c2ccnc3ccnn23)cc(Cl)c1N1CCN(C)CC1. The van der Waals surface area contributed by atoms with Gasteiger partial charge in [-0.15, -0.1) is 0 Å². The topological polar surface area (TPSA) is 77.2 Å². The van der Waals surface area contributed by atoms with Gasteiger partial charge >= 0.3 is 6.09 Å². The van der Waals surface area contributed by atoms with Crippen LogP contribution in [0, 0.1) is 0 Å². The second-order valence-corrected chi connectivity index (χ2v) is 8.24. The van der Waals surface area contributed by atoms with E-state index in [0.717, 1.165) is 37.4 Å². The van der Waals surface area contributed by atoms with Crippen molar-refractivity contribution in [2.75, 3.05) is 43.0 Å². The van der Waals surface area contributed by atoms with E-state index in [1.54, 1.807) is 30.6 Å². The molecule has 1 saturated heterocycles. The molecule has 0 radical (unpaired) electrons. The molecule has 1 aromatic carbocycles. The Morgan fingerprint density at radius 2 is 1.90 bits per heavy atom. The second kappa shape index (κ2) is 8.12.